The summed E-state index contributed by atoms with van der Waals surface area (Å²) in [6.07, 6.45) is 1.27. The third kappa shape index (κ3) is 5.85. The Morgan fingerprint density at radius 2 is 1.35 bits per heavy atom. The third-order valence-electron chi connectivity index (χ3n) is 3.99. The van der Waals surface area contributed by atoms with Gasteiger partial charge in [0.05, 0.1) is 20.3 Å². The number of benzene rings is 2. The summed E-state index contributed by atoms with van der Waals surface area (Å²) < 4.78 is 6.34. The van der Waals surface area contributed by atoms with Crippen LogP contribution in [0.2, 0.25) is 19.6 Å². The number of hydrogen-bond donors (Lipinski definition) is 0. The van der Waals surface area contributed by atoms with E-state index in [9.17, 15) is 0 Å². The van der Waals surface area contributed by atoms with Crippen molar-refractivity contribution < 1.29 is 9.22 Å². The average molecular weight is 329 g/mol. The van der Waals surface area contributed by atoms with Gasteiger partial charge < -0.3 is 9.22 Å². The van der Waals surface area contributed by atoms with Gasteiger partial charge in [-0.3, -0.25) is 0 Å². The van der Waals surface area contributed by atoms with Crippen LogP contribution in [0.3, 0.4) is 0 Å². The molecule has 0 N–H and O–H groups in total. The molecule has 2 nitrogen and oxygen atoms in total. The summed E-state index contributed by atoms with van der Waals surface area (Å²) in [6.45, 7) is 9.52. The van der Waals surface area contributed by atoms with E-state index in [0.717, 1.165) is 23.3 Å². The van der Waals surface area contributed by atoms with Crippen molar-refractivity contribution in [2.45, 2.75) is 32.7 Å². The Bertz CT molecular complexity index is 604. The SMILES string of the molecule is COc1ccc(C[N+](C)(Cc2ccccc2)C[Si](C)(C)C)cc1. The molecule has 0 aliphatic rings. The van der Waals surface area contributed by atoms with Crippen LogP contribution in [0.25, 0.3) is 0 Å². The zero-order valence-corrected chi connectivity index (χ0v) is 16.2. The molecule has 0 aliphatic heterocycles. The number of rotatable bonds is 7. The van der Waals surface area contributed by atoms with Crippen LogP contribution in [0.15, 0.2) is 54.6 Å². The van der Waals surface area contributed by atoms with E-state index in [4.69, 9.17) is 4.74 Å². The highest BCUT2D eigenvalue weighted by Gasteiger charge is 2.30. The van der Waals surface area contributed by atoms with Gasteiger partial charge in [-0.25, -0.2) is 0 Å². The van der Waals surface area contributed by atoms with E-state index in [1.807, 2.05) is 0 Å². The Morgan fingerprint density at radius 3 is 1.83 bits per heavy atom. The second kappa shape index (κ2) is 7.32. The second-order valence-corrected chi connectivity index (χ2v) is 13.4. The monoisotopic (exact) mass is 328 g/mol. The van der Waals surface area contributed by atoms with Crippen molar-refractivity contribution in [2.24, 2.45) is 0 Å². The number of ether oxygens (including phenoxy) is 1. The zero-order valence-electron chi connectivity index (χ0n) is 15.2. The fourth-order valence-corrected chi connectivity index (χ4v) is 6.02. The first-order chi connectivity index (χ1) is 10.8. The fourth-order valence-electron chi connectivity index (χ4n) is 3.51. The molecule has 1 unspecified atom stereocenters. The van der Waals surface area contributed by atoms with Crippen molar-refractivity contribution in [1.82, 2.24) is 0 Å². The van der Waals surface area contributed by atoms with E-state index >= 15 is 0 Å². The predicted molar refractivity (Wildman–Crippen MR) is 101 cm³/mol. The van der Waals surface area contributed by atoms with Gasteiger partial charge in [0.25, 0.3) is 0 Å². The highest BCUT2D eigenvalue weighted by atomic mass is 28.3. The number of quaternary nitrogens is 1. The lowest BCUT2D eigenvalue weighted by atomic mass is 10.1. The molecule has 0 spiro atoms. The van der Waals surface area contributed by atoms with Crippen LogP contribution in [0, 0.1) is 0 Å². The van der Waals surface area contributed by atoms with Crippen molar-refractivity contribution in [3.8, 4) is 5.75 Å². The lowest BCUT2D eigenvalue weighted by Gasteiger charge is -2.39. The summed E-state index contributed by atoms with van der Waals surface area (Å²) in [5.41, 5.74) is 2.80. The normalized spacial score (nSPS) is 14.3. The summed E-state index contributed by atoms with van der Waals surface area (Å²) in [5.74, 6) is 0.927. The number of hydrogen-bond acceptors (Lipinski definition) is 1. The maximum atomic E-state index is 5.28. The van der Waals surface area contributed by atoms with Gasteiger partial charge in [-0.05, 0) is 24.3 Å². The fraction of sp³-hybridized carbons (Fsp3) is 0.400. The largest absolute Gasteiger partial charge is 0.497 e. The zero-order chi connectivity index (χ0) is 16.9. The van der Waals surface area contributed by atoms with Crippen molar-refractivity contribution in [3.05, 3.63) is 65.7 Å². The Morgan fingerprint density at radius 1 is 0.826 bits per heavy atom. The molecule has 0 saturated carbocycles. The molecule has 2 aromatic carbocycles. The van der Waals surface area contributed by atoms with Crippen LogP contribution in [-0.4, -0.2) is 32.9 Å². The first kappa shape index (κ1) is 17.8. The molecule has 2 aromatic rings. The van der Waals surface area contributed by atoms with Gasteiger partial charge in [0.2, 0.25) is 0 Å². The standard InChI is InChI=1S/C20H30NOSi/c1-21(17-23(3,4)5,15-18-9-7-6-8-10-18)16-19-11-13-20(22-2)14-12-19/h6-14H,15-17H2,1-5H3/q+1. The summed E-state index contributed by atoms with van der Waals surface area (Å²) in [6, 6.07) is 19.4. The first-order valence-corrected chi connectivity index (χ1v) is 12.0. The maximum Gasteiger partial charge on any atom is 0.118 e. The Kier molecular flexibility index (Phi) is 5.66. The molecule has 0 amide bonds. The summed E-state index contributed by atoms with van der Waals surface area (Å²) >= 11 is 0. The van der Waals surface area contributed by atoms with Crippen LogP contribution in [0.4, 0.5) is 0 Å². The molecule has 2 rings (SSSR count). The van der Waals surface area contributed by atoms with E-state index in [1.54, 1.807) is 7.11 Å². The van der Waals surface area contributed by atoms with Gasteiger partial charge in [0, 0.05) is 11.1 Å². The van der Waals surface area contributed by atoms with Crippen molar-refractivity contribution >= 4 is 8.07 Å². The van der Waals surface area contributed by atoms with E-state index in [1.165, 1.54) is 17.3 Å². The molecule has 0 saturated heterocycles. The molecule has 0 aliphatic carbocycles. The Balaban J connectivity index is 2.21. The Hall–Kier alpha value is -1.58. The van der Waals surface area contributed by atoms with Crippen LogP contribution < -0.4 is 4.74 Å². The van der Waals surface area contributed by atoms with Crippen LogP contribution >= 0.6 is 0 Å². The molecule has 0 fully saturated rings. The summed E-state index contributed by atoms with van der Waals surface area (Å²) in [4.78, 5) is 0. The van der Waals surface area contributed by atoms with Gasteiger partial charge in [0.15, 0.2) is 0 Å². The molecule has 0 bridgehead atoms. The van der Waals surface area contributed by atoms with E-state index < -0.39 is 8.07 Å². The first-order valence-electron chi connectivity index (χ1n) is 8.30. The van der Waals surface area contributed by atoms with Gasteiger partial charge in [-0.1, -0.05) is 50.0 Å². The lowest BCUT2D eigenvalue weighted by molar-refractivity contribution is -0.926. The van der Waals surface area contributed by atoms with E-state index in [0.29, 0.717) is 0 Å². The molecule has 23 heavy (non-hydrogen) atoms. The molecule has 0 heterocycles. The third-order valence-corrected chi connectivity index (χ3v) is 5.70. The molecular weight excluding hydrogens is 298 g/mol. The van der Waals surface area contributed by atoms with Crippen LogP contribution in [-0.2, 0) is 13.1 Å². The Labute approximate surface area is 142 Å². The number of methoxy groups -OCH3 is 1. The van der Waals surface area contributed by atoms with E-state index in [2.05, 4.69) is 81.3 Å². The predicted octanol–water partition coefficient (Wildman–Crippen LogP) is 4.72. The molecule has 0 radical (unpaired) electrons. The lowest BCUT2D eigenvalue weighted by Crippen LogP contribution is -2.52. The minimum Gasteiger partial charge on any atom is -0.497 e. The van der Waals surface area contributed by atoms with Gasteiger partial charge >= 0.3 is 0 Å². The molecule has 3 heteroatoms. The van der Waals surface area contributed by atoms with Gasteiger partial charge in [-0.15, -0.1) is 0 Å². The molecule has 0 aromatic heterocycles. The quantitative estimate of drug-likeness (QED) is 0.528. The molecule has 1 atom stereocenters. The van der Waals surface area contributed by atoms with Gasteiger partial charge in [-0.2, -0.15) is 0 Å². The van der Waals surface area contributed by atoms with Crippen LogP contribution in [0.5, 0.6) is 5.75 Å². The van der Waals surface area contributed by atoms with Crippen molar-refractivity contribution in [1.29, 1.82) is 0 Å². The smallest absolute Gasteiger partial charge is 0.118 e. The highest BCUT2D eigenvalue weighted by molar-refractivity contribution is 6.75. The van der Waals surface area contributed by atoms with Crippen molar-refractivity contribution in [3.63, 3.8) is 0 Å². The highest BCUT2D eigenvalue weighted by Crippen LogP contribution is 2.22. The summed E-state index contributed by atoms with van der Waals surface area (Å²) in [5, 5.41) is 0. The maximum absolute atomic E-state index is 5.28. The topological polar surface area (TPSA) is 9.23 Å². The van der Waals surface area contributed by atoms with E-state index in [-0.39, 0.29) is 0 Å². The second-order valence-electron chi connectivity index (χ2n) is 7.99. The molecule has 124 valence electrons. The minimum atomic E-state index is -1.17. The number of nitrogens with zero attached hydrogens (tertiary/aromatic N) is 1. The van der Waals surface area contributed by atoms with Crippen LogP contribution in [0.1, 0.15) is 11.1 Å². The molecular formula is C20H30NOSi+. The summed E-state index contributed by atoms with van der Waals surface area (Å²) in [7, 11) is 2.95. The minimum absolute atomic E-state index is 0.927. The average Bonchev–Trinajstić information content (AvgIpc) is 2.46. The van der Waals surface area contributed by atoms with Gasteiger partial charge in [0.1, 0.15) is 26.9 Å². The van der Waals surface area contributed by atoms with Crippen molar-refractivity contribution in [2.75, 3.05) is 20.3 Å².